The number of rotatable bonds is 4. The fourth-order valence-corrected chi connectivity index (χ4v) is 2.38. The number of carbonyl (C=O) groups is 1. The molecule has 0 spiro atoms. The minimum absolute atomic E-state index is 0.154. The lowest BCUT2D eigenvalue weighted by Crippen LogP contribution is -2.04. The van der Waals surface area contributed by atoms with Gasteiger partial charge < -0.3 is 9.15 Å². The van der Waals surface area contributed by atoms with Crippen LogP contribution in [0.25, 0.3) is 0 Å². The fraction of sp³-hybridized carbons (Fsp3) is 0.273. The highest BCUT2D eigenvalue weighted by molar-refractivity contribution is 9.10. The van der Waals surface area contributed by atoms with Crippen molar-refractivity contribution in [3.63, 3.8) is 0 Å². The van der Waals surface area contributed by atoms with Gasteiger partial charge in [-0.05, 0) is 53.2 Å². The van der Waals surface area contributed by atoms with E-state index >= 15 is 0 Å². The molecule has 0 amide bonds. The van der Waals surface area contributed by atoms with Gasteiger partial charge in [0.1, 0.15) is 5.03 Å². The highest BCUT2D eigenvalue weighted by Crippen LogP contribution is 2.28. The standard InChI is InChI=1S/C11H10BrN3O3S/c1-3-17-10(16)8-14-15-11(18-8)19-9-6(2)4-7(12)5-13-9/h4-5H,3H2,1-2H3. The van der Waals surface area contributed by atoms with Gasteiger partial charge >= 0.3 is 11.9 Å². The number of halogens is 1. The van der Waals surface area contributed by atoms with Crippen LogP contribution in [0.15, 0.2) is 31.4 Å². The quantitative estimate of drug-likeness (QED) is 0.789. The summed E-state index contributed by atoms with van der Waals surface area (Å²) in [5, 5.41) is 8.39. The third-order valence-corrected chi connectivity index (χ3v) is 3.43. The Morgan fingerprint density at radius 3 is 3.00 bits per heavy atom. The lowest BCUT2D eigenvalue weighted by Gasteiger charge is -2.00. The highest BCUT2D eigenvalue weighted by Gasteiger charge is 2.17. The summed E-state index contributed by atoms with van der Waals surface area (Å²) in [4.78, 5) is 15.6. The van der Waals surface area contributed by atoms with Crippen LogP contribution in [0.4, 0.5) is 0 Å². The van der Waals surface area contributed by atoms with E-state index < -0.39 is 5.97 Å². The van der Waals surface area contributed by atoms with Gasteiger partial charge in [0.2, 0.25) is 0 Å². The summed E-state index contributed by atoms with van der Waals surface area (Å²) in [6, 6.07) is 1.93. The van der Waals surface area contributed by atoms with Crippen molar-refractivity contribution < 1.29 is 13.9 Å². The summed E-state index contributed by atoms with van der Waals surface area (Å²) in [6.45, 7) is 3.89. The number of aryl methyl sites for hydroxylation is 1. The minimum Gasteiger partial charge on any atom is -0.459 e. The lowest BCUT2D eigenvalue weighted by molar-refractivity contribution is 0.0475. The van der Waals surface area contributed by atoms with Crippen LogP contribution in [-0.4, -0.2) is 27.8 Å². The molecule has 6 nitrogen and oxygen atoms in total. The molecule has 8 heteroatoms. The molecule has 0 aliphatic carbocycles. The van der Waals surface area contributed by atoms with Gasteiger partial charge in [-0.2, -0.15) is 0 Å². The smallest absolute Gasteiger partial charge is 0.396 e. The first-order chi connectivity index (χ1) is 9.10. The van der Waals surface area contributed by atoms with E-state index in [1.807, 2.05) is 13.0 Å². The maximum atomic E-state index is 11.4. The van der Waals surface area contributed by atoms with E-state index in [0.717, 1.165) is 15.1 Å². The first-order valence-electron chi connectivity index (χ1n) is 5.40. The van der Waals surface area contributed by atoms with E-state index in [2.05, 4.69) is 31.1 Å². The van der Waals surface area contributed by atoms with E-state index in [4.69, 9.17) is 9.15 Å². The molecule has 0 saturated heterocycles. The number of carbonyl (C=O) groups excluding carboxylic acids is 1. The van der Waals surface area contributed by atoms with Crippen LogP contribution < -0.4 is 0 Å². The molecule has 2 heterocycles. The SMILES string of the molecule is CCOC(=O)c1nnc(Sc2ncc(Br)cc2C)o1. The number of aromatic nitrogens is 3. The number of esters is 1. The summed E-state index contributed by atoms with van der Waals surface area (Å²) >= 11 is 4.54. The monoisotopic (exact) mass is 343 g/mol. The largest absolute Gasteiger partial charge is 0.459 e. The topological polar surface area (TPSA) is 78.1 Å². The Morgan fingerprint density at radius 2 is 2.32 bits per heavy atom. The zero-order valence-electron chi connectivity index (χ0n) is 10.2. The van der Waals surface area contributed by atoms with Crippen molar-refractivity contribution in [1.29, 1.82) is 0 Å². The Labute approximate surface area is 122 Å². The lowest BCUT2D eigenvalue weighted by atomic mass is 10.3. The molecule has 0 unspecified atom stereocenters. The average Bonchev–Trinajstić information content (AvgIpc) is 2.82. The minimum atomic E-state index is -0.623. The van der Waals surface area contributed by atoms with Crippen LogP contribution in [0.1, 0.15) is 23.2 Å². The second-order valence-corrected chi connectivity index (χ2v) is 5.33. The van der Waals surface area contributed by atoms with Gasteiger partial charge in [0.05, 0.1) is 6.61 Å². The molecule has 2 aromatic rings. The van der Waals surface area contributed by atoms with Crippen LogP contribution in [0.2, 0.25) is 0 Å². The number of pyridine rings is 1. The molecular weight excluding hydrogens is 334 g/mol. The van der Waals surface area contributed by atoms with E-state index in [-0.39, 0.29) is 17.7 Å². The van der Waals surface area contributed by atoms with E-state index in [0.29, 0.717) is 0 Å². The average molecular weight is 344 g/mol. The van der Waals surface area contributed by atoms with Crippen LogP contribution in [0, 0.1) is 6.92 Å². The van der Waals surface area contributed by atoms with Crippen molar-refractivity contribution in [2.45, 2.75) is 24.1 Å². The Balaban J connectivity index is 2.13. The van der Waals surface area contributed by atoms with Crippen molar-refractivity contribution in [1.82, 2.24) is 15.2 Å². The summed E-state index contributed by atoms with van der Waals surface area (Å²) < 4.78 is 10.9. The Morgan fingerprint density at radius 1 is 1.53 bits per heavy atom. The van der Waals surface area contributed by atoms with Crippen molar-refractivity contribution in [3.05, 3.63) is 28.2 Å². The zero-order chi connectivity index (χ0) is 13.8. The van der Waals surface area contributed by atoms with E-state index in [9.17, 15) is 4.79 Å². The molecule has 0 N–H and O–H groups in total. The summed E-state index contributed by atoms with van der Waals surface area (Å²) in [6.07, 6.45) is 1.68. The van der Waals surface area contributed by atoms with E-state index in [1.165, 1.54) is 11.8 Å². The maximum Gasteiger partial charge on any atom is 0.396 e. The normalized spacial score (nSPS) is 10.5. The molecule has 0 aliphatic rings. The summed E-state index contributed by atoms with van der Waals surface area (Å²) in [5.74, 6) is -0.776. The molecule has 0 bridgehead atoms. The summed E-state index contributed by atoms with van der Waals surface area (Å²) in [7, 11) is 0. The molecule has 0 atom stereocenters. The van der Waals surface area contributed by atoms with Crippen molar-refractivity contribution in [2.75, 3.05) is 6.61 Å². The van der Waals surface area contributed by atoms with Gasteiger partial charge in [-0.1, -0.05) is 5.10 Å². The number of hydrogen-bond donors (Lipinski definition) is 0. The van der Waals surface area contributed by atoms with Crippen molar-refractivity contribution >= 4 is 33.7 Å². The van der Waals surface area contributed by atoms with Crippen LogP contribution >= 0.6 is 27.7 Å². The number of hydrogen-bond acceptors (Lipinski definition) is 7. The third-order valence-electron chi connectivity index (χ3n) is 2.04. The van der Waals surface area contributed by atoms with Crippen molar-refractivity contribution in [2.24, 2.45) is 0 Å². The predicted octanol–water partition coefficient (Wildman–Crippen LogP) is 2.86. The Bertz CT molecular complexity index is 603. The van der Waals surface area contributed by atoms with Gasteiger partial charge in [0.25, 0.3) is 5.22 Å². The third kappa shape index (κ3) is 3.54. The zero-order valence-corrected chi connectivity index (χ0v) is 12.6. The molecule has 100 valence electrons. The van der Waals surface area contributed by atoms with Crippen molar-refractivity contribution in [3.8, 4) is 0 Å². The number of nitrogens with zero attached hydrogens (tertiary/aromatic N) is 3. The summed E-state index contributed by atoms with van der Waals surface area (Å²) in [5.41, 5.74) is 0.968. The Hall–Kier alpha value is -1.41. The molecule has 19 heavy (non-hydrogen) atoms. The molecule has 0 aromatic carbocycles. The fourth-order valence-electron chi connectivity index (χ4n) is 1.24. The van der Waals surface area contributed by atoms with Gasteiger partial charge in [0, 0.05) is 10.7 Å². The Kier molecular flexibility index (Phi) is 4.54. The molecule has 0 fully saturated rings. The molecule has 0 radical (unpaired) electrons. The van der Waals surface area contributed by atoms with E-state index in [1.54, 1.807) is 13.1 Å². The first-order valence-corrected chi connectivity index (χ1v) is 7.01. The van der Waals surface area contributed by atoms with Crippen LogP contribution in [0.5, 0.6) is 0 Å². The number of ether oxygens (including phenoxy) is 1. The molecular formula is C11H10BrN3O3S. The highest BCUT2D eigenvalue weighted by atomic mass is 79.9. The van der Waals surface area contributed by atoms with Gasteiger partial charge in [-0.3, -0.25) is 0 Å². The van der Waals surface area contributed by atoms with Crippen LogP contribution in [-0.2, 0) is 4.74 Å². The predicted molar refractivity (Wildman–Crippen MR) is 71.1 cm³/mol. The second-order valence-electron chi connectivity index (χ2n) is 3.47. The maximum absolute atomic E-state index is 11.4. The molecule has 2 aromatic heterocycles. The van der Waals surface area contributed by atoms with Gasteiger partial charge in [-0.15, -0.1) is 5.10 Å². The van der Waals surface area contributed by atoms with Crippen LogP contribution in [0.3, 0.4) is 0 Å². The molecule has 2 rings (SSSR count). The van der Waals surface area contributed by atoms with Gasteiger partial charge in [-0.25, -0.2) is 9.78 Å². The molecule has 0 aliphatic heterocycles. The molecule has 0 saturated carbocycles. The van der Waals surface area contributed by atoms with Gasteiger partial charge in [0.15, 0.2) is 0 Å². The first kappa shape index (κ1) is 14.0. The second kappa shape index (κ2) is 6.16.